The van der Waals surface area contributed by atoms with Gasteiger partial charge < -0.3 is 29.9 Å². The van der Waals surface area contributed by atoms with Gasteiger partial charge in [-0.2, -0.15) is 0 Å². The van der Waals surface area contributed by atoms with Crippen LogP contribution < -0.4 is 0 Å². The molecule has 12 heavy (non-hydrogen) atoms. The third-order valence-corrected chi connectivity index (χ3v) is 1.84. The molecule has 1 fully saturated rings. The predicted octanol–water partition coefficient (Wildman–Crippen LogP) is -2.61. The first-order valence-electron chi connectivity index (χ1n) is 3.45. The number of rotatable bonds is 2. The van der Waals surface area contributed by atoms with Crippen LogP contribution in [-0.4, -0.2) is 58.4 Å². The molecule has 1 aliphatic rings. The van der Waals surface area contributed by atoms with E-state index in [0.717, 1.165) is 0 Å². The number of aliphatic hydroxyl groups excluding tert-OH is 3. The molecule has 0 spiro atoms. The summed E-state index contributed by atoms with van der Waals surface area (Å²) in [6.07, 6.45) is -4.03. The van der Waals surface area contributed by atoms with E-state index < -0.39 is 30.9 Å². The Hall–Kier alpha value is -0.240. The fourth-order valence-electron chi connectivity index (χ4n) is 1.07. The summed E-state index contributed by atoms with van der Waals surface area (Å²) in [6, 6.07) is 0. The van der Waals surface area contributed by atoms with Gasteiger partial charge in [0, 0.05) is 7.11 Å². The third-order valence-electron chi connectivity index (χ3n) is 1.84. The maximum absolute atomic E-state index is 9.28. The van der Waals surface area contributed by atoms with Crippen molar-refractivity contribution in [2.24, 2.45) is 0 Å². The smallest absolute Gasteiger partial charge is 0.221 e. The normalized spacial score (nSPS) is 48.2. The van der Waals surface area contributed by atoms with Gasteiger partial charge >= 0.3 is 0 Å². The van der Waals surface area contributed by atoms with Gasteiger partial charge in [-0.25, -0.2) is 0 Å². The first kappa shape index (κ1) is 9.85. The van der Waals surface area contributed by atoms with E-state index in [1.807, 2.05) is 0 Å². The molecule has 1 heterocycles. The predicted molar refractivity (Wildman–Crippen MR) is 35.9 cm³/mol. The van der Waals surface area contributed by atoms with Crippen molar-refractivity contribution in [1.82, 2.24) is 0 Å². The van der Waals surface area contributed by atoms with Crippen molar-refractivity contribution in [2.45, 2.75) is 24.3 Å². The van der Waals surface area contributed by atoms with Crippen molar-refractivity contribution >= 4 is 0 Å². The van der Waals surface area contributed by atoms with Crippen molar-refractivity contribution in [2.75, 3.05) is 13.7 Å². The van der Waals surface area contributed by atoms with Gasteiger partial charge in [-0.15, -0.1) is 0 Å². The van der Waals surface area contributed by atoms with Crippen LogP contribution in [0.15, 0.2) is 0 Å². The molecular weight excluding hydrogens is 168 g/mol. The molecule has 0 bridgehead atoms. The second-order valence-electron chi connectivity index (χ2n) is 2.66. The molecule has 1 saturated heterocycles. The van der Waals surface area contributed by atoms with Crippen LogP contribution in [0.4, 0.5) is 0 Å². The summed E-state index contributed by atoms with van der Waals surface area (Å²) in [5, 5.41) is 36.2. The van der Waals surface area contributed by atoms with E-state index >= 15 is 0 Å². The zero-order valence-corrected chi connectivity index (χ0v) is 6.54. The van der Waals surface area contributed by atoms with E-state index in [1.54, 1.807) is 0 Å². The maximum atomic E-state index is 9.28. The summed E-state index contributed by atoms with van der Waals surface area (Å²) < 4.78 is 9.24. The number of methoxy groups -OCH3 is 1. The van der Waals surface area contributed by atoms with E-state index in [9.17, 15) is 5.11 Å². The van der Waals surface area contributed by atoms with Gasteiger partial charge in [-0.1, -0.05) is 0 Å². The lowest BCUT2D eigenvalue weighted by atomic mass is 10.1. The lowest BCUT2D eigenvalue weighted by Crippen LogP contribution is -2.46. The molecule has 4 unspecified atom stereocenters. The fourth-order valence-corrected chi connectivity index (χ4v) is 1.07. The molecule has 72 valence electrons. The second kappa shape index (κ2) is 3.25. The van der Waals surface area contributed by atoms with Crippen molar-refractivity contribution in [3.8, 4) is 0 Å². The monoisotopic (exact) mass is 180 g/mol. The molecule has 0 aliphatic carbocycles. The summed E-state index contributed by atoms with van der Waals surface area (Å²) in [7, 11) is 1.25. The summed E-state index contributed by atoms with van der Waals surface area (Å²) in [4.78, 5) is 0. The fraction of sp³-hybridized carbons (Fsp3) is 1.00. The Labute approximate surface area is 69.0 Å². The Morgan fingerprint density at radius 3 is 2.33 bits per heavy atom. The molecule has 0 aromatic heterocycles. The average Bonchev–Trinajstić information content (AvgIpc) is 2.31. The Morgan fingerprint density at radius 2 is 2.08 bits per heavy atom. The van der Waals surface area contributed by atoms with Crippen LogP contribution in [-0.2, 0) is 9.47 Å². The van der Waals surface area contributed by atoms with Gasteiger partial charge in [0.15, 0.2) is 6.29 Å². The molecule has 6 heteroatoms. The first-order chi connectivity index (χ1) is 5.55. The van der Waals surface area contributed by atoms with Gasteiger partial charge in [-0.3, -0.25) is 0 Å². The summed E-state index contributed by atoms with van der Waals surface area (Å²) >= 11 is 0. The van der Waals surface area contributed by atoms with E-state index in [-0.39, 0.29) is 0 Å². The molecule has 4 atom stereocenters. The lowest BCUT2D eigenvalue weighted by molar-refractivity contribution is -0.277. The van der Waals surface area contributed by atoms with Gasteiger partial charge in [0.2, 0.25) is 5.79 Å². The number of hydrogen-bond donors (Lipinski definition) is 4. The molecule has 0 amide bonds. The number of ether oxygens (including phenoxy) is 2. The van der Waals surface area contributed by atoms with Gasteiger partial charge in [0.05, 0.1) is 6.61 Å². The standard InChI is InChI=1S/C6H12O6/c1-11-5-3(8)4(9)6(10,2-7)12-5/h3-5,7-10H,2H2,1H3. The number of hydrogen-bond acceptors (Lipinski definition) is 6. The van der Waals surface area contributed by atoms with Crippen molar-refractivity contribution in [3.63, 3.8) is 0 Å². The average molecular weight is 180 g/mol. The highest BCUT2D eigenvalue weighted by Gasteiger charge is 2.53. The van der Waals surface area contributed by atoms with Crippen LogP contribution in [0.1, 0.15) is 0 Å². The van der Waals surface area contributed by atoms with Crippen LogP contribution >= 0.6 is 0 Å². The van der Waals surface area contributed by atoms with Crippen LogP contribution in [0.3, 0.4) is 0 Å². The zero-order valence-electron chi connectivity index (χ0n) is 6.54. The Balaban J connectivity index is 2.72. The van der Waals surface area contributed by atoms with E-state index in [4.69, 9.17) is 15.3 Å². The molecule has 0 saturated carbocycles. The van der Waals surface area contributed by atoms with Gasteiger partial charge in [-0.05, 0) is 0 Å². The Morgan fingerprint density at radius 1 is 1.50 bits per heavy atom. The highest BCUT2D eigenvalue weighted by atomic mass is 16.8. The first-order valence-corrected chi connectivity index (χ1v) is 3.45. The van der Waals surface area contributed by atoms with Crippen molar-refractivity contribution < 1.29 is 29.9 Å². The largest absolute Gasteiger partial charge is 0.391 e. The third kappa shape index (κ3) is 1.33. The van der Waals surface area contributed by atoms with Crippen LogP contribution in [0.25, 0.3) is 0 Å². The van der Waals surface area contributed by atoms with Crippen molar-refractivity contribution in [1.29, 1.82) is 0 Å². The molecule has 4 N–H and O–H groups in total. The van der Waals surface area contributed by atoms with Crippen LogP contribution in [0, 0.1) is 0 Å². The molecule has 0 aromatic carbocycles. The topological polar surface area (TPSA) is 99.4 Å². The minimum atomic E-state index is -2.12. The molecule has 6 nitrogen and oxygen atoms in total. The lowest BCUT2D eigenvalue weighted by Gasteiger charge is -2.22. The van der Waals surface area contributed by atoms with E-state index in [0.29, 0.717) is 0 Å². The molecule has 0 radical (unpaired) electrons. The molecule has 0 aromatic rings. The Kier molecular flexibility index (Phi) is 2.67. The maximum Gasteiger partial charge on any atom is 0.221 e. The highest BCUT2D eigenvalue weighted by molar-refractivity contribution is 4.91. The van der Waals surface area contributed by atoms with Gasteiger partial charge in [0.1, 0.15) is 12.2 Å². The summed E-state index contributed by atoms with van der Waals surface area (Å²) in [5.74, 6) is -2.12. The minimum Gasteiger partial charge on any atom is -0.391 e. The summed E-state index contributed by atoms with van der Waals surface area (Å²) in [6.45, 7) is -0.801. The van der Waals surface area contributed by atoms with Crippen molar-refractivity contribution in [3.05, 3.63) is 0 Å². The minimum absolute atomic E-state index is 0.801. The van der Waals surface area contributed by atoms with Gasteiger partial charge in [0.25, 0.3) is 0 Å². The SMILES string of the molecule is COC1OC(O)(CO)C(O)C1O. The molecule has 1 rings (SSSR count). The molecule has 1 aliphatic heterocycles. The van der Waals surface area contributed by atoms with Crippen LogP contribution in [0.2, 0.25) is 0 Å². The second-order valence-corrected chi connectivity index (χ2v) is 2.66. The van der Waals surface area contributed by atoms with Crippen LogP contribution in [0.5, 0.6) is 0 Å². The van der Waals surface area contributed by atoms with E-state index in [1.165, 1.54) is 7.11 Å². The van der Waals surface area contributed by atoms with E-state index in [2.05, 4.69) is 9.47 Å². The quantitative estimate of drug-likeness (QED) is 0.371. The number of aliphatic hydroxyl groups is 4. The zero-order chi connectivity index (χ0) is 9.35. The molecular formula is C6H12O6. The highest BCUT2D eigenvalue weighted by Crippen LogP contribution is 2.28. The Bertz CT molecular complexity index is 162. The summed E-state index contributed by atoms with van der Waals surface area (Å²) in [5.41, 5.74) is 0.